The summed E-state index contributed by atoms with van der Waals surface area (Å²) in [5, 5.41) is 0. The van der Waals surface area contributed by atoms with Crippen LogP contribution in [-0.4, -0.2) is 6.36 Å². The minimum atomic E-state index is -4.88. The summed E-state index contributed by atoms with van der Waals surface area (Å²) in [6.07, 6.45) is 1.19. The molecule has 1 aliphatic rings. The first-order valence-electron chi connectivity index (χ1n) is 11.2. The zero-order valence-electron chi connectivity index (χ0n) is 18.1. The third kappa shape index (κ3) is 7.10. The summed E-state index contributed by atoms with van der Waals surface area (Å²) in [6.45, 7) is 2.21. The Labute approximate surface area is 185 Å². The molecule has 1 fully saturated rings. The Morgan fingerprint density at radius 3 is 1.88 bits per heavy atom. The van der Waals surface area contributed by atoms with E-state index in [0.29, 0.717) is 5.92 Å². The van der Waals surface area contributed by atoms with Crippen LogP contribution in [0.4, 0.5) is 22.0 Å². The van der Waals surface area contributed by atoms with Crippen LogP contribution in [0.1, 0.15) is 75.3 Å². The van der Waals surface area contributed by atoms with Crippen molar-refractivity contribution in [3.8, 4) is 11.5 Å². The standard InChI is InChI=1S/C25H29F5O2/c1-2-3-4-5-18-6-8-19(9-7-18)20-10-14-22(15-11-20)31-24(26,27)21-12-16-23(17-13-21)32-25(28,29)30/h10-19H,2-9H2,1H3. The lowest BCUT2D eigenvalue weighted by Crippen LogP contribution is -2.22. The van der Waals surface area contributed by atoms with Crippen molar-refractivity contribution in [1.82, 2.24) is 0 Å². The Morgan fingerprint density at radius 2 is 1.31 bits per heavy atom. The van der Waals surface area contributed by atoms with E-state index in [0.717, 1.165) is 48.6 Å². The highest BCUT2D eigenvalue weighted by atomic mass is 19.4. The summed E-state index contributed by atoms with van der Waals surface area (Å²) in [5.74, 6) is 0.671. The molecule has 2 nitrogen and oxygen atoms in total. The highest BCUT2D eigenvalue weighted by Gasteiger charge is 2.36. The molecule has 0 N–H and O–H groups in total. The number of halogens is 5. The van der Waals surface area contributed by atoms with Gasteiger partial charge < -0.3 is 9.47 Å². The minimum Gasteiger partial charge on any atom is -0.429 e. The molecule has 176 valence electrons. The number of rotatable bonds is 9. The van der Waals surface area contributed by atoms with Crippen LogP contribution in [0.5, 0.6) is 11.5 Å². The van der Waals surface area contributed by atoms with Gasteiger partial charge in [-0.1, -0.05) is 44.7 Å². The van der Waals surface area contributed by atoms with E-state index >= 15 is 0 Å². The zero-order valence-corrected chi connectivity index (χ0v) is 18.1. The molecule has 7 heteroatoms. The molecular weight excluding hydrogens is 427 g/mol. The summed E-state index contributed by atoms with van der Waals surface area (Å²) in [7, 11) is 0. The van der Waals surface area contributed by atoms with Gasteiger partial charge in [0.05, 0.1) is 5.56 Å². The average molecular weight is 456 g/mol. The zero-order chi connectivity index (χ0) is 23.2. The average Bonchev–Trinajstić information content (AvgIpc) is 2.74. The molecule has 0 aliphatic heterocycles. The molecule has 1 saturated carbocycles. The normalized spacial score (nSPS) is 19.6. The van der Waals surface area contributed by atoms with Gasteiger partial charge in [0.25, 0.3) is 0 Å². The molecule has 0 heterocycles. The van der Waals surface area contributed by atoms with Crippen LogP contribution in [0.15, 0.2) is 48.5 Å². The third-order valence-corrected chi connectivity index (χ3v) is 6.08. The van der Waals surface area contributed by atoms with Crippen molar-refractivity contribution in [3.63, 3.8) is 0 Å². The fourth-order valence-corrected chi connectivity index (χ4v) is 4.33. The first-order chi connectivity index (χ1) is 15.2. The molecule has 0 radical (unpaired) electrons. The van der Waals surface area contributed by atoms with Gasteiger partial charge >= 0.3 is 12.5 Å². The van der Waals surface area contributed by atoms with Crippen LogP contribution in [-0.2, 0) is 6.11 Å². The Morgan fingerprint density at radius 1 is 0.750 bits per heavy atom. The summed E-state index contributed by atoms with van der Waals surface area (Å²) < 4.78 is 74.1. The van der Waals surface area contributed by atoms with Gasteiger partial charge in [0, 0.05) is 0 Å². The van der Waals surface area contributed by atoms with Gasteiger partial charge in [0.2, 0.25) is 0 Å². The summed E-state index contributed by atoms with van der Waals surface area (Å²) in [5.41, 5.74) is 0.568. The van der Waals surface area contributed by atoms with Crippen molar-refractivity contribution in [2.24, 2.45) is 5.92 Å². The van der Waals surface area contributed by atoms with Crippen molar-refractivity contribution in [2.45, 2.75) is 76.7 Å². The summed E-state index contributed by atoms with van der Waals surface area (Å²) in [6, 6.07) is 10.1. The van der Waals surface area contributed by atoms with Gasteiger partial charge in [-0.3, -0.25) is 0 Å². The molecule has 0 bridgehead atoms. The summed E-state index contributed by atoms with van der Waals surface area (Å²) >= 11 is 0. The monoisotopic (exact) mass is 456 g/mol. The van der Waals surface area contributed by atoms with Crippen molar-refractivity contribution in [2.75, 3.05) is 0 Å². The van der Waals surface area contributed by atoms with E-state index in [-0.39, 0.29) is 5.75 Å². The molecule has 0 spiro atoms. The van der Waals surface area contributed by atoms with E-state index in [1.165, 1.54) is 50.7 Å². The molecule has 2 aromatic carbocycles. The predicted molar refractivity (Wildman–Crippen MR) is 113 cm³/mol. The van der Waals surface area contributed by atoms with Gasteiger partial charge in [-0.2, -0.15) is 8.78 Å². The summed E-state index contributed by atoms with van der Waals surface area (Å²) in [4.78, 5) is 0. The lowest BCUT2D eigenvalue weighted by molar-refractivity contribution is -0.274. The number of ether oxygens (including phenoxy) is 2. The number of benzene rings is 2. The van der Waals surface area contributed by atoms with Gasteiger partial charge in [-0.25, -0.2) is 0 Å². The number of hydrogen-bond donors (Lipinski definition) is 0. The van der Waals surface area contributed by atoms with Gasteiger partial charge in [-0.05, 0) is 79.5 Å². The van der Waals surface area contributed by atoms with Crippen LogP contribution in [0.2, 0.25) is 0 Å². The van der Waals surface area contributed by atoms with Crippen molar-refractivity contribution in [1.29, 1.82) is 0 Å². The molecule has 0 aromatic heterocycles. The highest BCUT2D eigenvalue weighted by molar-refractivity contribution is 5.32. The molecule has 2 aromatic rings. The lowest BCUT2D eigenvalue weighted by atomic mass is 9.77. The maximum Gasteiger partial charge on any atom is 0.573 e. The van der Waals surface area contributed by atoms with Gasteiger partial charge in [0.1, 0.15) is 11.5 Å². The minimum absolute atomic E-state index is 0.00243. The van der Waals surface area contributed by atoms with Crippen LogP contribution in [0.3, 0.4) is 0 Å². The second-order valence-electron chi connectivity index (χ2n) is 8.47. The van der Waals surface area contributed by atoms with E-state index in [1.54, 1.807) is 0 Å². The highest BCUT2D eigenvalue weighted by Crippen LogP contribution is 2.39. The van der Waals surface area contributed by atoms with E-state index in [1.807, 2.05) is 12.1 Å². The smallest absolute Gasteiger partial charge is 0.429 e. The Balaban J connectivity index is 1.55. The molecule has 0 amide bonds. The van der Waals surface area contributed by atoms with Gasteiger partial charge in [-0.15, -0.1) is 13.2 Å². The Bertz CT molecular complexity index is 823. The van der Waals surface area contributed by atoms with Crippen LogP contribution < -0.4 is 9.47 Å². The van der Waals surface area contributed by atoms with Gasteiger partial charge in [0.15, 0.2) is 0 Å². The topological polar surface area (TPSA) is 18.5 Å². The molecule has 1 aliphatic carbocycles. The maximum absolute atomic E-state index is 14.5. The molecule has 0 atom stereocenters. The quantitative estimate of drug-likeness (QED) is 0.278. The van der Waals surface area contributed by atoms with Crippen LogP contribution in [0.25, 0.3) is 0 Å². The van der Waals surface area contributed by atoms with Crippen molar-refractivity contribution < 1.29 is 31.4 Å². The fraction of sp³-hybridized carbons (Fsp3) is 0.520. The molecule has 0 unspecified atom stereocenters. The van der Waals surface area contributed by atoms with E-state index < -0.39 is 23.8 Å². The fourth-order valence-electron chi connectivity index (χ4n) is 4.33. The lowest BCUT2D eigenvalue weighted by Gasteiger charge is -2.29. The van der Waals surface area contributed by atoms with Crippen molar-refractivity contribution >= 4 is 0 Å². The predicted octanol–water partition coefficient (Wildman–Crippen LogP) is 8.57. The first kappa shape index (κ1) is 24.3. The second kappa shape index (κ2) is 10.5. The second-order valence-corrected chi connectivity index (χ2v) is 8.47. The van der Waals surface area contributed by atoms with Crippen molar-refractivity contribution in [3.05, 3.63) is 59.7 Å². The van der Waals surface area contributed by atoms with E-state index in [4.69, 9.17) is 4.74 Å². The number of unbranched alkanes of at least 4 members (excludes halogenated alkanes) is 2. The SMILES string of the molecule is CCCCCC1CCC(c2ccc(OC(F)(F)c3ccc(OC(F)(F)F)cc3)cc2)CC1. The Hall–Kier alpha value is -2.31. The molecule has 0 saturated heterocycles. The third-order valence-electron chi connectivity index (χ3n) is 6.08. The number of hydrogen-bond acceptors (Lipinski definition) is 2. The van der Waals surface area contributed by atoms with E-state index in [2.05, 4.69) is 11.7 Å². The van der Waals surface area contributed by atoms with E-state index in [9.17, 15) is 22.0 Å². The van der Waals surface area contributed by atoms with Crippen LogP contribution in [0, 0.1) is 5.92 Å². The molecule has 32 heavy (non-hydrogen) atoms. The molecule has 3 rings (SSSR count). The Kier molecular flexibility index (Phi) is 8.01. The molecular formula is C25H29F5O2. The maximum atomic E-state index is 14.5. The van der Waals surface area contributed by atoms with Crippen LogP contribution >= 0.6 is 0 Å². The largest absolute Gasteiger partial charge is 0.573 e. The first-order valence-corrected chi connectivity index (χ1v) is 11.2. The number of alkyl halides is 5.